The van der Waals surface area contributed by atoms with Gasteiger partial charge >= 0.3 is 0 Å². The smallest absolute Gasteiger partial charge is 0.169 e. The molecule has 0 aliphatic carbocycles. The summed E-state index contributed by atoms with van der Waals surface area (Å²) >= 11 is 0. The van der Waals surface area contributed by atoms with Crippen LogP contribution in [0.25, 0.3) is 0 Å². The maximum atomic E-state index is 9.89. The van der Waals surface area contributed by atoms with Crippen molar-refractivity contribution in [2.45, 2.75) is 78.0 Å². The van der Waals surface area contributed by atoms with Crippen molar-refractivity contribution in [3.63, 3.8) is 0 Å². The maximum Gasteiger partial charge on any atom is 0.169 e. The number of nitrogens with zero attached hydrogens (tertiary/aromatic N) is 1. The van der Waals surface area contributed by atoms with Crippen molar-refractivity contribution in [2.75, 3.05) is 6.54 Å². The molecule has 0 aliphatic rings. The zero-order chi connectivity index (χ0) is 15.3. The van der Waals surface area contributed by atoms with Gasteiger partial charge in [-0.15, -0.1) is 0 Å². The second kappa shape index (κ2) is 11.7. The van der Waals surface area contributed by atoms with Crippen molar-refractivity contribution in [2.24, 2.45) is 0 Å². The fourth-order valence-corrected chi connectivity index (χ4v) is 2.44. The molecule has 1 aromatic rings. The highest BCUT2D eigenvalue weighted by molar-refractivity contribution is 5.03. The van der Waals surface area contributed by atoms with Crippen LogP contribution in [-0.4, -0.2) is 17.9 Å². The Morgan fingerprint density at radius 1 is 1.05 bits per heavy atom. The Balaban J connectivity index is 1.96. The van der Waals surface area contributed by atoms with E-state index in [4.69, 9.17) is 0 Å². The monoisotopic (exact) mass is 293 g/mol. The van der Waals surface area contributed by atoms with Crippen molar-refractivity contribution < 1.29 is 9.67 Å². The predicted molar refractivity (Wildman–Crippen MR) is 88.0 cm³/mol. The van der Waals surface area contributed by atoms with Gasteiger partial charge in [-0.25, -0.2) is 4.57 Å². The number of pyridine rings is 1. The molecular weight excluding hydrogens is 260 g/mol. The minimum atomic E-state index is -0.355. The number of rotatable bonds is 12. The summed E-state index contributed by atoms with van der Waals surface area (Å²) in [4.78, 5) is 0. The van der Waals surface area contributed by atoms with Gasteiger partial charge in [0.1, 0.15) is 6.23 Å². The van der Waals surface area contributed by atoms with E-state index in [2.05, 4.69) is 48.3 Å². The number of aromatic nitrogens is 1. The van der Waals surface area contributed by atoms with Crippen LogP contribution in [0.4, 0.5) is 0 Å². The van der Waals surface area contributed by atoms with Gasteiger partial charge < -0.3 is 5.11 Å². The molecule has 0 fully saturated rings. The summed E-state index contributed by atoms with van der Waals surface area (Å²) in [7, 11) is 0. The number of hydrogen-bond acceptors (Lipinski definition) is 2. The summed E-state index contributed by atoms with van der Waals surface area (Å²) in [5.41, 5.74) is 1.28. The van der Waals surface area contributed by atoms with E-state index < -0.39 is 0 Å². The lowest BCUT2D eigenvalue weighted by atomic mass is 10.1. The van der Waals surface area contributed by atoms with Gasteiger partial charge in [-0.1, -0.05) is 45.4 Å². The highest BCUT2D eigenvalue weighted by Gasteiger charge is 2.04. The first-order valence-corrected chi connectivity index (χ1v) is 8.59. The lowest BCUT2D eigenvalue weighted by Gasteiger charge is -2.11. The lowest BCUT2D eigenvalue weighted by molar-refractivity contribution is -0.695. The molecule has 3 nitrogen and oxygen atoms in total. The summed E-state index contributed by atoms with van der Waals surface area (Å²) in [5, 5.41) is 13.1. The van der Waals surface area contributed by atoms with Crippen LogP contribution in [0.15, 0.2) is 24.5 Å². The Hall–Kier alpha value is -0.930. The van der Waals surface area contributed by atoms with E-state index in [1.54, 1.807) is 0 Å². The van der Waals surface area contributed by atoms with E-state index in [0.717, 1.165) is 25.9 Å². The number of aryl methyl sites for hydroxylation is 1. The average molecular weight is 293 g/mol. The van der Waals surface area contributed by atoms with Gasteiger partial charge in [-0.05, 0) is 25.3 Å². The van der Waals surface area contributed by atoms with Crippen LogP contribution in [0.3, 0.4) is 0 Å². The quantitative estimate of drug-likeness (QED) is 0.352. The molecule has 0 spiro atoms. The third-order valence-electron chi connectivity index (χ3n) is 3.89. The van der Waals surface area contributed by atoms with Gasteiger partial charge in [-0.2, -0.15) is 0 Å². The molecule has 1 heterocycles. The predicted octanol–water partition coefficient (Wildman–Crippen LogP) is 3.33. The highest BCUT2D eigenvalue weighted by Crippen LogP contribution is 2.09. The molecule has 0 amide bonds. The average Bonchev–Trinajstić information content (AvgIpc) is 2.48. The first-order valence-electron chi connectivity index (χ1n) is 8.59. The molecule has 21 heavy (non-hydrogen) atoms. The standard InChI is InChI=1S/C18H33N2O/c1-3-4-5-6-7-8-9-10-18(21)19-13-16-20-14-11-17(2)12-15-20/h11-12,14-15,18-19,21H,3-10,13,16H2,1-2H3/q+1. The summed E-state index contributed by atoms with van der Waals surface area (Å²) in [5.74, 6) is 0. The van der Waals surface area contributed by atoms with Crippen molar-refractivity contribution >= 4 is 0 Å². The van der Waals surface area contributed by atoms with Crippen molar-refractivity contribution in [1.29, 1.82) is 0 Å². The molecule has 0 aromatic carbocycles. The van der Waals surface area contributed by atoms with Crippen LogP contribution >= 0.6 is 0 Å². The first kappa shape index (κ1) is 18.1. The molecule has 1 unspecified atom stereocenters. The molecule has 1 aromatic heterocycles. The minimum Gasteiger partial charge on any atom is -0.379 e. The number of unbranched alkanes of at least 4 members (excludes halogenated alkanes) is 6. The van der Waals surface area contributed by atoms with E-state index in [1.165, 1.54) is 44.1 Å². The zero-order valence-electron chi connectivity index (χ0n) is 13.9. The van der Waals surface area contributed by atoms with Crippen LogP contribution in [0, 0.1) is 6.92 Å². The highest BCUT2D eigenvalue weighted by atomic mass is 16.3. The largest absolute Gasteiger partial charge is 0.379 e. The zero-order valence-corrected chi connectivity index (χ0v) is 13.9. The van der Waals surface area contributed by atoms with E-state index in [-0.39, 0.29) is 6.23 Å². The third-order valence-corrected chi connectivity index (χ3v) is 3.89. The summed E-state index contributed by atoms with van der Waals surface area (Å²) in [6.45, 7) is 6.05. The van der Waals surface area contributed by atoms with E-state index in [1.807, 2.05) is 0 Å². The minimum absolute atomic E-state index is 0.355. The first-order chi connectivity index (χ1) is 10.2. The van der Waals surface area contributed by atoms with Crippen LogP contribution in [0.2, 0.25) is 0 Å². The number of nitrogens with one attached hydrogen (secondary N) is 1. The fraction of sp³-hybridized carbons (Fsp3) is 0.722. The van der Waals surface area contributed by atoms with Crippen LogP contribution in [0.5, 0.6) is 0 Å². The molecule has 0 saturated heterocycles. The maximum absolute atomic E-state index is 9.89. The Kier molecular flexibility index (Phi) is 10.1. The van der Waals surface area contributed by atoms with Gasteiger partial charge in [0.15, 0.2) is 18.9 Å². The molecule has 1 rings (SSSR count). The van der Waals surface area contributed by atoms with Crippen LogP contribution in [0.1, 0.15) is 63.9 Å². The molecule has 3 heteroatoms. The van der Waals surface area contributed by atoms with Crippen molar-refractivity contribution in [3.05, 3.63) is 30.1 Å². The molecule has 0 bridgehead atoms. The topological polar surface area (TPSA) is 36.1 Å². The van der Waals surface area contributed by atoms with Crippen LogP contribution in [-0.2, 0) is 6.54 Å². The van der Waals surface area contributed by atoms with Gasteiger partial charge in [0.25, 0.3) is 0 Å². The van der Waals surface area contributed by atoms with E-state index in [0.29, 0.717) is 0 Å². The van der Waals surface area contributed by atoms with Crippen LogP contribution < -0.4 is 9.88 Å². The number of aliphatic hydroxyl groups is 1. The summed E-state index contributed by atoms with van der Waals surface area (Å²) in [6.07, 6.45) is 13.7. The number of aliphatic hydroxyl groups excluding tert-OH is 1. The normalized spacial score (nSPS) is 12.5. The van der Waals surface area contributed by atoms with Gasteiger partial charge in [0, 0.05) is 12.1 Å². The van der Waals surface area contributed by atoms with Crippen molar-refractivity contribution in [1.82, 2.24) is 5.32 Å². The van der Waals surface area contributed by atoms with Gasteiger partial charge in [0.2, 0.25) is 0 Å². The molecule has 120 valence electrons. The molecular formula is C18H33N2O+. The Morgan fingerprint density at radius 2 is 1.67 bits per heavy atom. The lowest BCUT2D eigenvalue weighted by Crippen LogP contribution is -2.41. The second-order valence-corrected chi connectivity index (χ2v) is 5.99. The number of hydrogen-bond donors (Lipinski definition) is 2. The van der Waals surface area contributed by atoms with Crippen molar-refractivity contribution in [3.8, 4) is 0 Å². The van der Waals surface area contributed by atoms with E-state index in [9.17, 15) is 5.11 Å². The fourth-order valence-electron chi connectivity index (χ4n) is 2.44. The summed E-state index contributed by atoms with van der Waals surface area (Å²) in [6, 6.07) is 4.21. The molecule has 0 aliphatic heterocycles. The molecule has 1 atom stereocenters. The van der Waals surface area contributed by atoms with Gasteiger partial charge in [0.05, 0.1) is 6.54 Å². The summed E-state index contributed by atoms with van der Waals surface area (Å²) < 4.78 is 2.14. The third kappa shape index (κ3) is 9.59. The Labute approximate surface area is 130 Å². The Bertz CT molecular complexity index is 351. The van der Waals surface area contributed by atoms with Gasteiger partial charge in [-0.3, -0.25) is 5.32 Å². The van der Waals surface area contributed by atoms with E-state index >= 15 is 0 Å². The molecule has 0 saturated carbocycles. The molecule has 0 radical (unpaired) electrons. The molecule has 2 N–H and O–H groups in total. The second-order valence-electron chi connectivity index (χ2n) is 5.99. The Morgan fingerprint density at radius 3 is 2.33 bits per heavy atom. The SMILES string of the molecule is CCCCCCCCCC(O)NCC[n+]1ccc(C)cc1.